The summed E-state index contributed by atoms with van der Waals surface area (Å²) in [6, 6.07) is 14.7. The van der Waals surface area contributed by atoms with Crippen molar-refractivity contribution in [3.63, 3.8) is 0 Å². The summed E-state index contributed by atoms with van der Waals surface area (Å²) in [4.78, 5) is 0. The van der Waals surface area contributed by atoms with Crippen LogP contribution in [0.4, 0.5) is 0 Å². The molecule has 0 saturated heterocycles. The minimum atomic E-state index is 0.604. The van der Waals surface area contributed by atoms with Gasteiger partial charge in [-0.15, -0.1) is 6.58 Å². The fourth-order valence-electron chi connectivity index (χ4n) is 1.59. The van der Waals surface area contributed by atoms with Crippen molar-refractivity contribution in [2.45, 2.75) is 6.61 Å². The molecule has 2 aromatic rings. The van der Waals surface area contributed by atoms with Crippen molar-refractivity contribution in [2.75, 3.05) is 6.61 Å². The van der Waals surface area contributed by atoms with Gasteiger partial charge in [0, 0.05) is 0 Å². The maximum absolute atomic E-state index is 5.40. The molecule has 0 bridgehead atoms. The number of hydrogen-bond acceptors (Lipinski definition) is 1. The first-order valence-corrected chi connectivity index (χ1v) is 5.06. The molecule has 15 heavy (non-hydrogen) atoms. The van der Waals surface area contributed by atoms with E-state index in [-0.39, 0.29) is 0 Å². The molecule has 0 radical (unpaired) electrons. The van der Waals surface area contributed by atoms with Gasteiger partial charge in [0.05, 0.1) is 13.2 Å². The van der Waals surface area contributed by atoms with Gasteiger partial charge in [-0.2, -0.15) is 0 Å². The highest BCUT2D eigenvalue weighted by Gasteiger charge is 1.95. The lowest BCUT2D eigenvalue weighted by Gasteiger charge is -2.03. The Balaban J connectivity index is 2.19. The summed E-state index contributed by atoms with van der Waals surface area (Å²) in [6.45, 7) is 4.87. The van der Waals surface area contributed by atoms with E-state index in [4.69, 9.17) is 4.74 Å². The Morgan fingerprint density at radius 2 is 1.87 bits per heavy atom. The first-order valence-electron chi connectivity index (χ1n) is 5.06. The Bertz CT molecular complexity index is 460. The van der Waals surface area contributed by atoms with Crippen molar-refractivity contribution >= 4 is 10.8 Å². The molecule has 0 amide bonds. The Morgan fingerprint density at radius 3 is 2.67 bits per heavy atom. The summed E-state index contributed by atoms with van der Waals surface area (Å²) in [7, 11) is 0. The van der Waals surface area contributed by atoms with E-state index in [0.29, 0.717) is 13.2 Å². The lowest BCUT2D eigenvalue weighted by Crippen LogP contribution is -1.92. The third-order valence-corrected chi connectivity index (χ3v) is 2.32. The van der Waals surface area contributed by atoms with E-state index >= 15 is 0 Å². The molecule has 0 saturated carbocycles. The molecular formula is C14H14O. The molecule has 0 spiro atoms. The van der Waals surface area contributed by atoms with Crippen LogP contribution in [0.25, 0.3) is 10.8 Å². The Morgan fingerprint density at radius 1 is 1.07 bits per heavy atom. The van der Waals surface area contributed by atoms with Crippen LogP contribution in [0.2, 0.25) is 0 Å². The van der Waals surface area contributed by atoms with E-state index < -0.39 is 0 Å². The van der Waals surface area contributed by atoms with E-state index in [1.54, 1.807) is 6.08 Å². The molecule has 0 aliphatic heterocycles. The third kappa shape index (κ3) is 2.45. The van der Waals surface area contributed by atoms with Gasteiger partial charge in [-0.1, -0.05) is 42.5 Å². The second-order valence-electron chi connectivity index (χ2n) is 3.49. The van der Waals surface area contributed by atoms with Crippen LogP contribution in [-0.4, -0.2) is 6.61 Å². The van der Waals surface area contributed by atoms with Crippen LogP contribution in [0.5, 0.6) is 0 Å². The molecule has 1 nitrogen and oxygen atoms in total. The second-order valence-corrected chi connectivity index (χ2v) is 3.49. The third-order valence-electron chi connectivity index (χ3n) is 2.32. The Hall–Kier alpha value is -1.60. The van der Waals surface area contributed by atoms with Gasteiger partial charge in [0.25, 0.3) is 0 Å². The highest BCUT2D eigenvalue weighted by molar-refractivity contribution is 5.82. The smallest absolute Gasteiger partial charge is 0.0721 e. The van der Waals surface area contributed by atoms with Crippen LogP contribution < -0.4 is 0 Å². The van der Waals surface area contributed by atoms with Crippen molar-refractivity contribution in [1.29, 1.82) is 0 Å². The minimum Gasteiger partial charge on any atom is -0.373 e. The molecule has 0 unspecified atom stereocenters. The molecule has 0 N–H and O–H groups in total. The van der Waals surface area contributed by atoms with Gasteiger partial charge < -0.3 is 4.74 Å². The molecule has 0 fully saturated rings. The summed E-state index contributed by atoms with van der Waals surface area (Å²) in [5.74, 6) is 0. The number of ether oxygens (including phenoxy) is 1. The zero-order chi connectivity index (χ0) is 10.5. The van der Waals surface area contributed by atoms with Crippen LogP contribution in [-0.2, 0) is 11.3 Å². The fourth-order valence-corrected chi connectivity index (χ4v) is 1.59. The van der Waals surface area contributed by atoms with Crippen LogP contribution in [0.3, 0.4) is 0 Å². The Labute approximate surface area is 90.0 Å². The number of hydrogen-bond donors (Lipinski definition) is 0. The standard InChI is InChI=1S/C14H14O/c1-2-9-15-11-12-7-8-13-5-3-4-6-14(13)10-12/h2-8,10H,1,9,11H2. The minimum absolute atomic E-state index is 0.604. The predicted molar refractivity (Wildman–Crippen MR) is 63.8 cm³/mol. The van der Waals surface area contributed by atoms with Gasteiger partial charge in [-0.05, 0) is 22.4 Å². The summed E-state index contributed by atoms with van der Waals surface area (Å²) in [5.41, 5.74) is 1.20. The second kappa shape index (κ2) is 4.76. The summed E-state index contributed by atoms with van der Waals surface area (Å²) < 4.78 is 5.40. The molecule has 2 aromatic carbocycles. The van der Waals surface area contributed by atoms with Gasteiger partial charge in [0.15, 0.2) is 0 Å². The van der Waals surface area contributed by atoms with Crippen molar-refractivity contribution in [3.05, 3.63) is 60.7 Å². The topological polar surface area (TPSA) is 9.23 Å². The van der Waals surface area contributed by atoms with Crippen LogP contribution in [0, 0.1) is 0 Å². The summed E-state index contributed by atoms with van der Waals surface area (Å²) in [5, 5.41) is 2.53. The molecule has 0 aliphatic rings. The van der Waals surface area contributed by atoms with Crippen LogP contribution in [0.15, 0.2) is 55.1 Å². The number of benzene rings is 2. The summed E-state index contributed by atoms with van der Waals surface area (Å²) in [6.07, 6.45) is 1.76. The zero-order valence-electron chi connectivity index (χ0n) is 8.65. The highest BCUT2D eigenvalue weighted by atomic mass is 16.5. The molecular weight excluding hydrogens is 184 g/mol. The SMILES string of the molecule is C=CCOCc1ccc2ccccc2c1. The lowest BCUT2D eigenvalue weighted by molar-refractivity contribution is 0.149. The lowest BCUT2D eigenvalue weighted by atomic mass is 10.1. The van der Waals surface area contributed by atoms with Crippen molar-refractivity contribution in [3.8, 4) is 0 Å². The van der Waals surface area contributed by atoms with Gasteiger partial charge in [0.1, 0.15) is 0 Å². The summed E-state index contributed by atoms with van der Waals surface area (Å²) >= 11 is 0. The first-order chi connectivity index (χ1) is 7.40. The quantitative estimate of drug-likeness (QED) is 0.539. The largest absolute Gasteiger partial charge is 0.373 e. The van der Waals surface area contributed by atoms with Crippen LogP contribution >= 0.6 is 0 Å². The first kappa shape index (κ1) is 9.94. The van der Waals surface area contributed by atoms with Gasteiger partial charge in [-0.3, -0.25) is 0 Å². The molecule has 0 heterocycles. The van der Waals surface area contributed by atoms with Gasteiger partial charge in [-0.25, -0.2) is 0 Å². The van der Waals surface area contributed by atoms with Crippen molar-refractivity contribution in [1.82, 2.24) is 0 Å². The molecule has 2 rings (SSSR count). The van der Waals surface area contributed by atoms with Gasteiger partial charge in [0.2, 0.25) is 0 Å². The van der Waals surface area contributed by atoms with E-state index in [2.05, 4.69) is 49.0 Å². The molecule has 0 atom stereocenters. The van der Waals surface area contributed by atoms with E-state index in [1.807, 2.05) is 0 Å². The van der Waals surface area contributed by atoms with Gasteiger partial charge >= 0.3 is 0 Å². The van der Waals surface area contributed by atoms with E-state index in [0.717, 1.165) is 0 Å². The van der Waals surface area contributed by atoms with Crippen molar-refractivity contribution < 1.29 is 4.74 Å². The Kier molecular flexibility index (Phi) is 3.15. The predicted octanol–water partition coefficient (Wildman–Crippen LogP) is 3.54. The molecule has 76 valence electrons. The normalized spacial score (nSPS) is 10.4. The van der Waals surface area contributed by atoms with E-state index in [1.165, 1.54) is 16.3 Å². The molecule has 0 aliphatic carbocycles. The maximum atomic E-state index is 5.40. The molecule has 0 aromatic heterocycles. The van der Waals surface area contributed by atoms with Crippen molar-refractivity contribution in [2.24, 2.45) is 0 Å². The monoisotopic (exact) mass is 198 g/mol. The average Bonchev–Trinajstić information content (AvgIpc) is 2.29. The highest BCUT2D eigenvalue weighted by Crippen LogP contribution is 2.15. The van der Waals surface area contributed by atoms with Crippen LogP contribution in [0.1, 0.15) is 5.56 Å². The maximum Gasteiger partial charge on any atom is 0.0721 e. The van der Waals surface area contributed by atoms with E-state index in [9.17, 15) is 0 Å². The fraction of sp³-hybridized carbons (Fsp3) is 0.143. The zero-order valence-corrected chi connectivity index (χ0v) is 8.65. The average molecular weight is 198 g/mol. The number of fused-ring (bicyclic) bond motifs is 1. The number of rotatable bonds is 4. The molecule has 1 heteroatoms.